The number of aromatic amines is 1. The van der Waals surface area contributed by atoms with Gasteiger partial charge in [-0.3, -0.25) is 4.72 Å². The van der Waals surface area contributed by atoms with Gasteiger partial charge < -0.3 is 9.72 Å². The maximum Gasteiger partial charge on any atom is 0.354 e. The van der Waals surface area contributed by atoms with Crippen molar-refractivity contribution in [1.82, 2.24) is 4.98 Å². The van der Waals surface area contributed by atoms with Gasteiger partial charge in [-0.1, -0.05) is 0 Å². The lowest BCUT2D eigenvalue weighted by molar-refractivity contribution is 0.0594. The largest absolute Gasteiger partial charge is 0.464 e. The highest BCUT2D eigenvalue weighted by Gasteiger charge is 2.19. The molecule has 0 radical (unpaired) electrons. The summed E-state index contributed by atoms with van der Waals surface area (Å²) in [4.78, 5) is 13.4. The second-order valence-corrected chi connectivity index (χ2v) is 5.66. The van der Waals surface area contributed by atoms with Crippen LogP contribution < -0.4 is 4.72 Å². The Kier molecular flexibility index (Phi) is 3.94. The molecule has 2 aromatic rings. The molecule has 0 fully saturated rings. The second-order valence-electron chi connectivity index (χ2n) is 3.98. The number of H-pyrrole nitrogens is 1. The molecular weight excluding hydrogens is 306 g/mol. The summed E-state index contributed by atoms with van der Waals surface area (Å²) in [5.41, 5.74) is -0.196. The second kappa shape index (κ2) is 5.52. The summed E-state index contributed by atoms with van der Waals surface area (Å²) in [5.74, 6) is -3.00. The van der Waals surface area contributed by atoms with Crippen molar-refractivity contribution in [2.45, 2.75) is 4.90 Å². The molecule has 0 unspecified atom stereocenters. The molecule has 0 spiro atoms. The predicted molar refractivity (Wildman–Crippen MR) is 69.3 cm³/mol. The number of nitrogens with one attached hydrogen (secondary N) is 2. The Labute approximate surface area is 118 Å². The lowest BCUT2D eigenvalue weighted by atomic mass is 10.3. The minimum atomic E-state index is -4.04. The maximum atomic E-state index is 13.0. The van der Waals surface area contributed by atoms with Gasteiger partial charge in [0.15, 0.2) is 11.6 Å². The molecule has 0 saturated carbocycles. The van der Waals surface area contributed by atoms with E-state index >= 15 is 0 Å². The Hall–Kier alpha value is -2.42. The number of halogens is 2. The number of methoxy groups -OCH3 is 1. The minimum Gasteiger partial charge on any atom is -0.464 e. The molecule has 0 bridgehead atoms. The highest BCUT2D eigenvalue weighted by molar-refractivity contribution is 7.92. The van der Waals surface area contributed by atoms with Gasteiger partial charge in [-0.15, -0.1) is 0 Å². The number of aromatic nitrogens is 1. The van der Waals surface area contributed by atoms with Crippen LogP contribution >= 0.6 is 0 Å². The van der Waals surface area contributed by atoms with Crippen molar-refractivity contribution in [3.05, 3.63) is 47.8 Å². The van der Waals surface area contributed by atoms with Crippen LogP contribution in [0.25, 0.3) is 0 Å². The van der Waals surface area contributed by atoms with Gasteiger partial charge in [-0.2, -0.15) is 0 Å². The van der Waals surface area contributed by atoms with Crippen molar-refractivity contribution in [2.24, 2.45) is 0 Å². The summed E-state index contributed by atoms with van der Waals surface area (Å²) in [6.07, 6.45) is 1.08. The standard InChI is InChI=1S/C12H10F2N2O4S/c1-20-12(17)11-5-8(6-15-11)21(18,19)16-7-2-3-9(13)10(14)4-7/h2-6,15-16H,1H3. The number of carbonyl (C=O) groups is 1. The summed E-state index contributed by atoms with van der Waals surface area (Å²) in [6, 6.07) is 3.64. The molecule has 112 valence electrons. The number of esters is 1. The molecule has 1 aromatic carbocycles. The van der Waals surface area contributed by atoms with E-state index in [0.717, 1.165) is 31.5 Å². The SMILES string of the molecule is COC(=O)c1cc(S(=O)(=O)Nc2ccc(F)c(F)c2)c[nH]1. The van der Waals surface area contributed by atoms with Crippen molar-refractivity contribution in [2.75, 3.05) is 11.8 Å². The molecule has 0 amide bonds. The molecule has 0 aliphatic carbocycles. The first-order chi connectivity index (χ1) is 9.83. The molecule has 1 aromatic heterocycles. The number of sulfonamides is 1. The van der Waals surface area contributed by atoms with E-state index in [2.05, 4.69) is 14.4 Å². The van der Waals surface area contributed by atoms with Gasteiger partial charge in [-0.25, -0.2) is 22.0 Å². The average Bonchev–Trinajstić information content (AvgIpc) is 2.92. The number of benzene rings is 1. The molecule has 0 saturated heterocycles. The minimum absolute atomic E-state index is 0.0526. The van der Waals surface area contributed by atoms with Crippen molar-refractivity contribution in [3.8, 4) is 0 Å². The van der Waals surface area contributed by atoms with Crippen LogP contribution in [0.5, 0.6) is 0 Å². The molecule has 6 nitrogen and oxygen atoms in total. The Bertz CT molecular complexity index is 786. The van der Waals surface area contributed by atoms with Gasteiger partial charge in [0, 0.05) is 12.3 Å². The van der Waals surface area contributed by atoms with Gasteiger partial charge in [0.25, 0.3) is 10.0 Å². The van der Waals surface area contributed by atoms with E-state index in [4.69, 9.17) is 0 Å². The van der Waals surface area contributed by atoms with Crippen molar-refractivity contribution in [1.29, 1.82) is 0 Å². The Morgan fingerprint density at radius 1 is 1.24 bits per heavy atom. The summed E-state index contributed by atoms with van der Waals surface area (Å²) in [6.45, 7) is 0. The number of anilines is 1. The molecule has 2 rings (SSSR count). The Morgan fingerprint density at radius 2 is 1.95 bits per heavy atom. The third-order valence-electron chi connectivity index (χ3n) is 2.54. The fraction of sp³-hybridized carbons (Fsp3) is 0.0833. The van der Waals surface area contributed by atoms with Crippen LogP contribution in [-0.4, -0.2) is 26.5 Å². The van der Waals surface area contributed by atoms with E-state index in [1.807, 2.05) is 0 Å². The topological polar surface area (TPSA) is 88.3 Å². The first-order valence-corrected chi connectivity index (χ1v) is 7.06. The Morgan fingerprint density at radius 3 is 2.57 bits per heavy atom. The highest BCUT2D eigenvalue weighted by Crippen LogP contribution is 2.19. The number of hydrogen-bond acceptors (Lipinski definition) is 4. The summed E-state index contributed by atoms with van der Waals surface area (Å²) < 4.78 is 56.4. The van der Waals surface area contributed by atoms with E-state index in [-0.39, 0.29) is 16.3 Å². The molecule has 0 aliphatic rings. The van der Waals surface area contributed by atoms with Gasteiger partial charge in [0.05, 0.1) is 12.8 Å². The van der Waals surface area contributed by atoms with Gasteiger partial charge >= 0.3 is 5.97 Å². The number of rotatable bonds is 4. The number of hydrogen-bond donors (Lipinski definition) is 2. The van der Waals surface area contributed by atoms with Gasteiger partial charge in [0.2, 0.25) is 0 Å². The molecule has 1 heterocycles. The van der Waals surface area contributed by atoms with Crippen LogP contribution in [-0.2, 0) is 14.8 Å². The lowest BCUT2D eigenvalue weighted by Gasteiger charge is -2.06. The highest BCUT2D eigenvalue weighted by atomic mass is 32.2. The van der Waals surface area contributed by atoms with Crippen molar-refractivity contribution < 1.29 is 26.7 Å². The Balaban J connectivity index is 2.27. The fourth-order valence-corrected chi connectivity index (χ4v) is 2.57. The van der Waals surface area contributed by atoms with E-state index in [9.17, 15) is 22.0 Å². The van der Waals surface area contributed by atoms with Crippen LogP contribution in [0, 0.1) is 11.6 Å². The van der Waals surface area contributed by atoms with Crippen molar-refractivity contribution >= 4 is 21.7 Å². The quantitative estimate of drug-likeness (QED) is 0.843. The van der Waals surface area contributed by atoms with Crippen LogP contribution in [0.2, 0.25) is 0 Å². The van der Waals surface area contributed by atoms with E-state index in [1.165, 1.54) is 0 Å². The van der Waals surface area contributed by atoms with E-state index < -0.39 is 27.6 Å². The maximum absolute atomic E-state index is 13.0. The molecule has 9 heteroatoms. The molecular formula is C12H10F2N2O4S. The normalized spacial score (nSPS) is 11.2. The number of carbonyl (C=O) groups excluding carboxylic acids is 1. The molecule has 0 aliphatic heterocycles. The van der Waals surface area contributed by atoms with Crippen molar-refractivity contribution in [3.63, 3.8) is 0 Å². The third kappa shape index (κ3) is 3.19. The monoisotopic (exact) mass is 316 g/mol. The zero-order valence-corrected chi connectivity index (χ0v) is 11.5. The predicted octanol–water partition coefficient (Wildman–Crippen LogP) is 1.88. The van der Waals surface area contributed by atoms with Gasteiger partial charge in [-0.05, 0) is 18.2 Å². The lowest BCUT2D eigenvalue weighted by Crippen LogP contribution is -2.12. The number of ether oxygens (including phenoxy) is 1. The van der Waals surface area contributed by atoms with E-state index in [0.29, 0.717) is 6.07 Å². The molecule has 0 atom stereocenters. The summed E-state index contributed by atoms with van der Waals surface area (Å²) in [5, 5.41) is 0. The summed E-state index contributed by atoms with van der Waals surface area (Å²) >= 11 is 0. The summed E-state index contributed by atoms with van der Waals surface area (Å²) in [7, 11) is -2.89. The average molecular weight is 316 g/mol. The zero-order chi connectivity index (χ0) is 15.6. The smallest absolute Gasteiger partial charge is 0.354 e. The van der Waals surface area contributed by atoms with Crippen LogP contribution in [0.3, 0.4) is 0 Å². The van der Waals surface area contributed by atoms with E-state index in [1.54, 1.807) is 0 Å². The third-order valence-corrected chi connectivity index (χ3v) is 3.90. The molecule has 21 heavy (non-hydrogen) atoms. The van der Waals surface area contributed by atoms with Crippen LogP contribution in [0.1, 0.15) is 10.5 Å². The van der Waals surface area contributed by atoms with Gasteiger partial charge in [0.1, 0.15) is 10.6 Å². The van der Waals surface area contributed by atoms with Crippen LogP contribution in [0.15, 0.2) is 35.4 Å². The first-order valence-electron chi connectivity index (χ1n) is 5.58. The zero-order valence-electron chi connectivity index (χ0n) is 10.7. The first kappa shape index (κ1) is 15.0. The fourth-order valence-electron chi connectivity index (χ4n) is 1.53. The van der Waals surface area contributed by atoms with Crippen LogP contribution in [0.4, 0.5) is 14.5 Å². The molecule has 2 N–H and O–H groups in total.